The maximum atomic E-state index is 6.61. The van der Waals surface area contributed by atoms with Gasteiger partial charge in [-0.25, -0.2) is 9.97 Å². The van der Waals surface area contributed by atoms with Crippen LogP contribution in [0.2, 0.25) is 5.02 Å². The van der Waals surface area contributed by atoms with Gasteiger partial charge in [0.15, 0.2) is 5.65 Å². The predicted molar refractivity (Wildman–Crippen MR) is 121 cm³/mol. The van der Waals surface area contributed by atoms with Crippen molar-refractivity contribution in [1.82, 2.24) is 24.5 Å². The second-order valence-electron chi connectivity index (χ2n) is 7.80. The Hall–Kier alpha value is -2.90. The maximum Gasteiger partial charge on any atom is 0.157 e. The Bertz CT molecular complexity index is 1200. The molecule has 0 bridgehead atoms. The van der Waals surface area contributed by atoms with Gasteiger partial charge in [0.2, 0.25) is 0 Å². The van der Waals surface area contributed by atoms with E-state index in [9.17, 15) is 0 Å². The Labute approximate surface area is 180 Å². The zero-order valence-corrected chi connectivity index (χ0v) is 17.8. The lowest BCUT2D eigenvalue weighted by Crippen LogP contribution is -2.45. The van der Waals surface area contributed by atoms with Crippen molar-refractivity contribution in [2.24, 2.45) is 0 Å². The molecule has 0 spiro atoms. The lowest BCUT2D eigenvalue weighted by Gasteiger charge is -2.34. The summed E-state index contributed by atoms with van der Waals surface area (Å²) in [6.45, 7) is 6.02. The van der Waals surface area contributed by atoms with E-state index in [4.69, 9.17) is 16.6 Å². The molecule has 8 heteroatoms. The highest BCUT2D eigenvalue weighted by molar-refractivity contribution is 6.36. The van der Waals surface area contributed by atoms with Crippen LogP contribution in [0.1, 0.15) is 18.7 Å². The molecule has 1 atom stereocenters. The van der Waals surface area contributed by atoms with E-state index in [1.807, 2.05) is 24.3 Å². The average molecular weight is 422 g/mol. The van der Waals surface area contributed by atoms with Gasteiger partial charge in [-0.2, -0.15) is 9.61 Å². The van der Waals surface area contributed by atoms with Crippen molar-refractivity contribution in [1.29, 1.82) is 0 Å². The van der Waals surface area contributed by atoms with Crippen LogP contribution in [0, 0.1) is 0 Å². The average Bonchev–Trinajstić information content (AvgIpc) is 3.24. The van der Waals surface area contributed by atoms with Crippen molar-refractivity contribution in [3.63, 3.8) is 0 Å². The number of aromatic nitrogens is 4. The van der Waals surface area contributed by atoms with E-state index < -0.39 is 0 Å². The van der Waals surface area contributed by atoms with Gasteiger partial charge in [0.25, 0.3) is 0 Å². The number of hydrogen-bond donors (Lipinski definition) is 1. The fourth-order valence-corrected chi connectivity index (χ4v) is 4.24. The van der Waals surface area contributed by atoms with Crippen molar-refractivity contribution < 1.29 is 0 Å². The molecule has 0 amide bonds. The Balaban J connectivity index is 1.55. The van der Waals surface area contributed by atoms with Crippen molar-refractivity contribution in [2.45, 2.75) is 13.0 Å². The summed E-state index contributed by atoms with van der Waals surface area (Å²) < 4.78 is 1.80. The molecule has 1 aromatic carbocycles. The normalized spacial score (nSPS) is 16.3. The molecule has 3 aromatic heterocycles. The second kappa shape index (κ2) is 7.74. The van der Waals surface area contributed by atoms with Crippen molar-refractivity contribution >= 4 is 39.7 Å². The number of benzene rings is 1. The molecule has 154 valence electrons. The van der Waals surface area contributed by atoms with Gasteiger partial charge < -0.3 is 15.1 Å². The fraction of sp³-hybridized carbons (Fsp3) is 0.318. The molecule has 0 radical (unpaired) electrons. The summed E-state index contributed by atoms with van der Waals surface area (Å²) in [6.07, 6.45) is 3.54. The summed E-state index contributed by atoms with van der Waals surface area (Å²) in [7, 11) is 2.16. The molecule has 1 aliphatic rings. The molecule has 0 saturated carbocycles. The summed E-state index contributed by atoms with van der Waals surface area (Å²) in [4.78, 5) is 14.1. The van der Waals surface area contributed by atoms with Crippen LogP contribution in [0.5, 0.6) is 0 Å². The first-order chi connectivity index (χ1) is 14.6. The first-order valence-corrected chi connectivity index (χ1v) is 10.6. The van der Waals surface area contributed by atoms with Crippen LogP contribution in [-0.2, 0) is 0 Å². The highest BCUT2D eigenvalue weighted by Crippen LogP contribution is 2.34. The van der Waals surface area contributed by atoms with Crippen LogP contribution in [0.25, 0.3) is 16.4 Å². The number of pyridine rings is 1. The standard InChI is InChI=1S/C22H24ClN7/c1-15(26-20-6-8-24-19-7-9-25-30(19)20)18-14-16-4-3-5-17(23)21(16)22(27-18)29-12-10-28(2)11-13-29/h3-9,14-15,26H,10-13H2,1-2H3. The molecule has 1 N–H and O–H groups in total. The van der Waals surface area contributed by atoms with Gasteiger partial charge in [0.1, 0.15) is 11.6 Å². The Kier molecular flexibility index (Phi) is 4.92. The summed E-state index contributed by atoms with van der Waals surface area (Å²) in [5.74, 6) is 1.85. The van der Waals surface area contributed by atoms with Gasteiger partial charge in [0, 0.05) is 43.8 Å². The topological polar surface area (TPSA) is 61.6 Å². The third-order valence-corrected chi connectivity index (χ3v) is 6.02. The smallest absolute Gasteiger partial charge is 0.157 e. The number of nitrogens with zero attached hydrogens (tertiary/aromatic N) is 6. The number of rotatable bonds is 4. The van der Waals surface area contributed by atoms with E-state index in [1.165, 1.54) is 0 Å². The minimum Gasteiger partial charge on any atom is -0.362 e. The van der Waals surface area contributed by atoms with Gasteiger partial charge in [-0.05, 0) is 37.6 Å². The summed E-state index contributed by atoms with van der Waals surface area (Å²) >= 11 is 6.61. The van der Waals surface area contributed by atoms with E-state index in [2.05, 4.69) is 51.3 Å². The third-order valence-electron chi connectivity index (χ3n) is 5.71. The van der Waals surface area contributed by atoms with Crippen LogP contribution in [0.15, 0.2) is 48.8 Å². The summed E-state index contributed by atoms with van der Waals surface area (Å²) in [5, 5.41) is 10.8. The van der Waals surface area contributed by atoms with Crippen LogP contribution in [-0.4, -0.2) is 57.7 Å². The number of halogens is 1. The predicted octanol–water partition coefficient (Wildman–Crippen LogP) is 3.86. The molecule has 0 aliphatic carbocycles. The molecule has 1 unspecified atom stereocenters. The fourth-order valence-electron chi connectivity index (χ4n) is 3.98. The zero-order chi connectivity index (χ0) is 20.7. The van der Waals surface area contributed by atoms with Gasteiger partial charge in [-0.1, -0.05) is 23.7 Å². The number of anilines is 2. The molecular formula is C22H24ClN7. The number of fused-ring (bicyclic) bond motifs is 2. The van der Waals surface area contributed by atoms with E-state index in [1.54, 1.807) is 16.9 Å². The minimum atomic E-state index is -0.0191. The van der Waals surface area contributed by atoms with E-state index in [-0.39, 0.29) is 6.04 Å². The minimum absolute atomic E-state index is 0.0191. The van der Waals surface area contributed by atoms with E-state index >= 15 is 0 Å². The van der Waals surface area contributed by atoms with Crippen LogP contribution in [0.3, 0.4) is 0 Å². The number of piperazine rings is 1. The van der Waals surface area contributed by atoms with Gasteiger partial charge in [0.05, 0.1) is 23.0 Å². The Morgan fingerprint density at radius 1 is 1.07 bits per heavy atom. The molecule has 1 aliphatic heterocycles. The molecular weight excluding hydrogens is 398 g/mol. The quantitative estimate of drug-likeness (QED) is 0.540. The molecule has 7 nitrogen and oxygen atoms in total. The highest BCUT2D eigenvalue weighted by Gasteiger charge is 2.21. The largest absolute Gasteiger partial charge is 0.362 e. The van der Waals surface area contributed by atoms with Gasteiger partial charge >= 0.3 is 0 Å². The van der Waals surface area contributed by atoms with Gasteiger partial charge in [-0.15, -0.1) is 0 Å². The molecule has 1 saturated heterocycles. The summed E-state index contributed by atoms with van der Waals surface area (Å²) in [6, 6.07) is 12.0. The number of likely N-dealkylation sites (N-methyl/N-ethyl adjacent to an activating group) is 1. The molecule has 30 heavy (non-hydrogen) atoms. The first kappa shape index (κ1) is 19.1. The zero-order valence-electron chi connectivity index (χ0n) is 17.1. The van der Waals surface area contributed by atoms with Crippen LogP contribution in [0.4, 0.5) is 11.6 Å². The monoisotopic (exact) mass is 421 g/mol. The molecule has 4 aromatic rings. The lowest BCUT2D eigenvalue weighted by molar-refractivity contribution is 0.312. The Morgan fingerprint density at radius 3 is 2.73 bits per heavy atom. The Morgan fingerprint density at radius 2 is 1.90 bits per heavy atom. The van der Waals surface area contributed by atoms with Crippen LogP contribution < -0.4 is 10.2 Å². The molecule has 1 fully saturated rings. The summed E-state index contributed by atoms with van der Waals surface area (Å²) in [5.41, 5.74) is 1.78. The van der Waals surface area contributed by atoms with Crippen molar-refractivity contribution in [2.75, 3.05) is 43.4 Å². The first-order valence-electron chi connectivity index (χ1n) is 10.2. The number of hydrogen-bond acceptors (Lipinski definition) is 6. The molecule has 5 rings (SSSR count). The number of nitrogens with one attached hydrogen (secondary N) is 1. The SMILES string of the molecule is CC(Nc1ccnc2ccnn12)c1cc2cccc(Cl)c2c(N2CCN(C)CC2)n1. The molecule has 4 heterocycles. The second-order valence-corrected chi connectivity index (χ2v) is 8.20. The van der Waals surface area contributed by atoms with E-state index in [0.29, 0.717) is 0 Å². The lowest BCUT2D eigenvalue weighted by atomic mass is 10.1. The van der Waals surface area contributed by atoms with Crippen LogP contribution >= 0.6 is 11.6 Å². The third kappa shape index (κ3) is 3.44. The maximum absolute atomic E-state index is 6.61. The van der Waals surface area contributed by atoms with Crippen molar-refractivity contribution in [3.05, 3.63) is 59.5 Å². The van der Waals surface area contributed by atoms with Crippen molar-refractivity contribution in [3.8, 4) is 0 Å². The van der Waals surface area contributed by atoms with E-state index in [0.717, 1.165) is 65.0 Å². The highest BCUT2D eigenvalue weighted by atomic mass is 35.5. The van der Waals surface area contributed by atoms with Gasteiger partial charge in [-0.3, -0.25) is 0 Å².